The van der Waals surface area contributed by atoms with Crippen LogP contribution in [0, 0.1) is 0 Å². The number of aromatic nitrogens is 4. The Hall–Kier alpha value is -4.01. The van der Waals surface area contributed by atoms with E-state index in [0.29, 0.717) is 0 Å². The lowest BCUT2D eigenvalue weighted by Gasteiger charge is -2.24. The van der Waals surface area contributed by atoms with Crippen molar-refractivity contribution >= 4 is 23.1 Å². The van der Waals surface area contributed by atoms with E-state index in [2.05, 4.69) is 20.4 Å². The number of aliphatic hydroxyl groups is 1. The lowest BCUT2D eigenvalue weighted by molar-refractivity contribution is -0.146. The average Bonchev–Trinajstić information content (AvgIpc) is 3.39. The van der Waals surface area contributed by atoms with Gasteiger partial charge in [0.05, 0.1) is 31.0 Å². The van der Waals surface area contributed by atoms with Gasteiger partial charge in [0.2, 0.25) is 5.88 Å². The molecule has 0 bridgehead atoms. The normalized spacial score (nSPS) is 18.3. The summed E-state index contributed by atoms with van der Waals surface area (Å²) in [6, 6.07) is 0.925. The Morgan fingerprint density at radius 3 is 2.54 bits per heavy atom. The SMILES string of the molecule is COc1ncc(-c2cc(C(F)(F)F)c3c(N)ncnn23)cc1C(=O)N[C@@H]1CN(C(=O)C(C)(C)O)C[C@@H]1F. The minimum atomic E-state index is -4.77. The van der Waals surface area contributed by atoms with Crippen molar-refractivity contribution in [3.8, 4) is 17.1 Å². The summed E-state index contributed by atoms with van der Waals surface area (Å²) in [6.07, 6.45) is -4.22. The average molecular weight is 525 g/mol. The van der Waals surface area contributed by atoms with Gasteiger partial charge in [-0.25, -0.2) is 18.9 Å². The molecule has 0 aromatic carbocycles. The highest BCUT2D eigenvalue weighted by molar-refractivity contribution is 5.98. The molecule has 3 aromatic rings. The third kappa shape index (κ3) is 4.85. The zero-order valence-corrected chi connectivity index (χ0v) is 19.9. The van der Waals surface area contributed by atoms with Gasteiger partial charge >= 0.3 is 6.18 Å². The number of carbonyl (C=O) groups is 2. The number of alkyl halides is 4. The van der Waals surface area contributed by atoms with Crippen LogP contribution in [0.1, 0.15) is 29.8 Å². The highest BCUT2D eigenvalue weighted by atomic mass is 19.4. The number of carbonyl (C=O) groups excluding carboxylic acids is 2. The number of likely N-dealkylation sites (tertiary alicyclic amines) is 1. The Morgan fingerprint density at radius 1 is 1.22 bits per heavy atom. The molecule has 1 saturated heterocycles. The molecule has 11 nitrogen and oxygen atoms in total. The Kier molecular flexibility index (Phi) is 6.44. The number of rotatable bonds is 5. The van der Waals surface area contributed by atoms with Gasteiger partial charge in [0, 0.05) is 18.3 Å². The Labute approximate surface area is 207 Å². The number of ether oxygens (including phenoxy) is 1. The number of anilines is 1. The summed E-state index contributed by atoms with van der Waals surface area (Å²) in [5.74, 6) is -2.09. The number of methoxy groups -OCH3 is 1. The fourth-order valence-corrected chi connectivity index (χ4v) is 4.11. The molecule has 1 aliphatic heterocycles. The van der Waals surface area contributed by atoms with Crippen molar-refractivity contribution in [3.05, 3.63) is 35.8 Å². The molecule has 0 aliphatic carbocycles. The summed E-state index contributed by atoms with van der Waals surface area (Å²) in [5, 5.41) is 16.2. The maximum absolute atomic E-state index is 14.6. The van der Waals surface area contributed by atoms with Crippen molar-refractivity contribution in [3.63, 3.8) is 0 Å². The number of nitrogen functional groups attached to an aromatic ring is 1. The van der Waals surface area contributed by atoms with E-state index in [1.54, 1.807) is 0 Å². The van der Waals surface area contributed by atoms with Crippen molar-refractivity contribution in [1.82, 2.24) is 29.8 Å². The molecule has 15 heteroatoms. The van der Waals surface area contributed by atoms with Crippen molar-refractivity contribution < 1.29 is 37.0 Å². The van der Waals surface area contributed by atoms with Crippen LogP contribution < -0.4 is 15.8 Å². The molecule has 37 heavy (non-hydrogen) atoms. The Morgan fingerprint density at radius 2 is 1.92 bits per heavy atom. The molecule has 3 aromatic heterocycles. The molecular formula is C22H23F4N7O4. The second-order valence-corrected chi connectivity index (χ2v) is 8.99. The smallest absolute Gasteiger partial charge is 0.418 e. The third-order valence-corrected chi connectivity index (χ3v) is 5.85. The van der Waals surface area contributed by atoms with E-state index in [4.69, 9.17) is 10.5 Å². The highest BCUT2D eigenvalue weighted by Gasteiger charge is 2.41. The molecule has 2 atom stereocenters. The number of nitrogens with one attached hydrogen (secondary N) is 1. The van der Waals surface area contributed by atoms with E-state index in [9.17, 15) is 32.3 Å². The van der Waals surface area contributed by atoms with Crippen molar-refractivity contribution in [2.45, 2.75) is 37.8 Å². The summed E-state index contributed by atoms with van der Waals surface area (Å²) < 4.78 is 61.7. The first-order valence-electron chi connectivity index (χ1n) is 10.9. The standard InChI is InChI=1S/C22H23F4N7O4/c1-21(2,36)20(35)32-7-13(23)14(8-32)31-18(34)11-4-10(6-28-19(11)37-3)15-5-12(22(24,25)26)16-17(27)29-9-30-33(15)16/h4-6,9,13-14,36H,7-8H2,1-3H3,(H,31,34)(H2,27,29,30)/t13-,14+/m0/s1. The van der Waals surface area contributed by atoms with E-state index in [0.717, 1.165) is 21.8 Å². The number of hydrogen-bond acceptors (Lipinski definition) is 8. The van der Waals surface area contributed by atoms with Gasteiger partial charge in [0.1, 0.15) is 29.2 Å². The lowest BCUT2D eigenvalue weighted by atomic mass is 10.1. The molecule has 4 N–H and O–H groups in total. The molecule has 0 spiro atoms. The molecule has 2 amide bonds. The molecule has 4 heterocycles. The van der Waals surface area contributed by atoms with E-state index in [1.807, 2.05) is 0 Å². The predicted octanol–water partition coefficient (Wildman–Crippen LogP) is 1.45. The second kappa shape index (κ2) is 9.14. The Balaban J connectivity index is 1.69. The van der Waals surface area contributed by atoms with Crippen LogP contribution in [-0.2, 0) is 11.0 Å². The molecule has 0 saturated carbocycles. The fraction of sp³-hybridized carbons (Fsp3) is 0.409. The van der Waals surface area contributed by atoms with Crippen molar-refractivity contribution in [2.75, 3.05) is 25.9 Å². The van der Waals surface area contributed by atoms with E-state index >= 15 is 0 Å². The third-order valence-electron chi connectivity index (χ3n) is 5.85. The summed E-state index contributed by atoms with van der Waals surface area (Å²) >= 11 is 0. The van der Waals surface area contributed by atoms with Crippen LogP contribution >= 0.6 is 0 Å². The monoisotopic (exact) mass is 525 g/mol. The molecule has 198 valence electrons. The van der Waals surface area contributed by atoms with E-state index < -0.39 is 52.7 Å². The summed E-state index contributed by atoms with van der Waals surface area (Å²) in [5.41, 5.74) is 2.22. The second-order valence-electron chi connectivity index (χ2n) is 8.99. The van der Waals surface area contributed by atoms with Gasteiger partial charge in [-0.1, -0.05) is 0 Å². The first kappa shape index (κ1) is 26.1. The van der Waals surface area contributed by atoms with Crippen molar-refractivity contribution in [1.29, 1.82) is 0 Å². The van der Waals surface area contributed by atoms with Crippen LogP contribution in [0.25, 0.3) is 16.8 Å². The molecule has 0 unspecified atom stereocenters. The van der Waals surface area contributed by atoms with Gasteiger partial charge in [-0.15, -0.1) is 0 Å². The maximum atomic E-state index is 14.6. The fourth-order valence-electron chi connectivity index (χ4n) is 4.11. The van der Waals surface area contributed by atoms with E-state index in [-0.39, 0.29) is 35.8 Å². The number of hydrogen-bond donors (Lipinski definition) is 3. The maximum Gasteiger partial charge on any atom is 0.418 e. The largest absolute Gasteiger partial charge is 0.480 e. The Bertz CT molecular complexity index is 1370. The summed E-state index contributed by atoms with van der Waals surface area (Å²) in [4.78, 5) is 34.1. The molecular weight excluding hydrogens is 502 g/mol. The van der Waals surface area contributed by atoms with Crippen LogP contribution in [0.4, 0.5) is 23.4 Å². The van der Waals surface area contributed by atoms with Crippen LogP contribution in [0.5, 0.6) is 5.88 Å². The predicted molar refractivity (Wildman–Crippen MR) is 121 cm³/mol. The number of pyridine rings is 1. The van der Waals surface area contributed by atoms with Gasteiger partial charge in [0.25, 0.3) is 11.8 Å². The van der Waals surface area contributed by atoms with Crippen LogP contribution in [-0.4, -0.2) is 79.4 Å². The number of nitrogens with zero attached hydrogens (tertiary/aromatic N) is 5. The quantitative estimate of drug-likeness (QED) is 0.424. The summed E-state index contributed by atoms with van der Waals surface area (Å²) in [7, 11) is 1.23. The first-order valence-corrected chi connectivity index (χ1v) is 10.9. The zero-order chi connectivity index (χ0) is 27.3. The van der Waals surface area contributed by atoms with Crippen molar-refractivity contribution in [2.24, 2.45) is 0 Å². The number of halogens is 4. The van der Waals surface area contributed by atoms with Gasteiger partial charge < -0.3 is 25.8 Å². The molecule has 4 rings (SSSR count). The highest BCUT2D eigenvalue weighted by Crippen LogP contribution is 2.39. The van der Waals surface area contributed by atoms with Gasteiger partial charge in [0.15, 0.2) is 5.82 Å². The number of fused-ring (bicyclic) bond motifs is 1. The van der Waals surface area contributed by atoms with Crippen LogP contribution in [0.2, 0.25) is 0 Å². The van der Waals surface area contributed by atoms with Gasteiger partial charge in [-0.05, 0) is 26.0 Å². The topological polar surface area (TPSA) is 148 Å². The minimum absolute atomic E-state index is 0.0663. The first-order chi connectivity index (χ1) is 17.2. The lowest BCUT2D eigenvalue weighted by Crippen LogP contribution is -2.46. The van der Waals surface area contributed by atoms with Crippen LogP contribution in [0.15, 0.2) is 24.7 Å². The number of amides is 2. The molecule has 0 radical (unpaired) electrons. The molecule has 1 fully saturated rings. The minimum Gasteiger partial charge on any atom is -0.480 e. The summed E-state index contributed by atoms with van der Waals surface area (Å²) in [6.45, 7) is 2.01. The van der Waals surface area contributed by atoms with E-state index in [1.165, 1.54) is 33.2 Å². The van der Waals surface area contributed by atoms with Gasteiger partial charge in [-0.3, -0.25) is 9.59 Å². The van der Waals surface area contributed by atoms with Crippen LogP contribution in [0.3, 0.4) is 0 Å². The molecule has 1 aliphatic rings. The van der Waals surface area contributed by atoms with Gasteiger partial charge in [-0.2, -0.15) is 18.3 Å². The zero-order valence-electron chi connectivity index (χ0n) is 19.9. The number of nitrogens with two attached hydrogens (primary N) is 1.